The Kier molecular flexibility index (Phi) is 3.17. The summed E-state index contributed by atoms with van der Waals surface area (Å²) in [4.78, 5) is 0. The fourth-order valence-electron chi connectivity index (χ4n) is 1.77. The van der Waals surface area contributed by atoms with Gasteiger partial charge in [-0.1, -0.05) is 30.3 Å². The molecular formula is C14H8F3NO. The van der Waals surface area contributed by atoms with Gasteiger partial charge in [-0.05, 0) is 23.3 Å². The molecule has 2 aromatic carbocycles. The highest BCUT2D eigenvalue weighted by Crippen LogP contribution is 2.38. The van der Waals surface area contributed by atoms with Gasteiger partial charge in [0.25, 0.3) is 0 Å². The molecule has 96 valence electrons. The first-order chi connectivity index (χ1) is 8.93. The summed E-state index contributed by atoms with van der Waals surface area (Å²) in [6.45, 7) is 0. The first-order valence-corrected chi connectivity index (χ1v) is 5.33. The predicted molar refractivity (Wildman–Crippen MR) is 63.3 cm³/mol. The number of hydrogen-bond donors (Lipinski definition) is 1. The lowest BCUT2D eigenvalue weighted by atomic mass is 9.98. The molecule has 0 aliphatic carbocycles. The quantitative estimate of drug-likeness (QED) is 0.846. The Hall–Kier alpha value is -2.48. The Labute approximate surface area is 107 Å². The van der Waals surface area contributed by atoms with E-state index in [4.69, 9.17) is 5.26 Å². The van der Waals surface area contributed by atoms with Gasteiger partial charge in [-0.15, -0.1) is 0 Å². The van der Waals surface area contributed by atoms with Crippen LogP contribution in [0.1, 0.15) is 11.1 Å². The molecule has 0 aromatic heterocycles. The number of phenolic OH excluding ortho intramolecular Hbond substituents is 1. The Morgan fingerprint density at radius 3 is 2.16 bits per heavy atom. The van der Waals surface area contributed by atoms with Crippen molar-refractivity contribution in [2.24, 2.45) is 0 Å². The van der Waals surface area contributed by atoms with Gasteiger partial charge in [0.15, 0.2) is 0 Å². The molecule has 5 heteroatoms. The molecule has 0 aliphatic rings. The van der Waals surface area contributed by atoms with Crippen molar-refractivity contribution in [3.8, 4) is 22.9 Å². The van der Waals surface area contributed by atoms with Crippen molar-refractivity contribution >= 4 is 0 Å². The third kappa shape index (κ3) is 2.52. The summed E-state index contributed by atoms with van der Waals surface area (Å²) < 4.78 is 38.5. The van der Waals surface area contributed by atoms with E-state index in [1.54, 1.807) is 30.3 Å². The highest BCUT2D eigenvalue weighted by atomic mass is 19.4. The Balaban J connectivity index is 2.69. The first kappa shape index (κ1) is 13.0. The van der Waals surface area contributed by atoms with Crippen LogP contribution in [0.4, 0.5) is 13.2 Å². The summed E-state index contributed by atoms with van der Waals surface area (Å²) in [6.07, 6.45) is -4.69. The van der Waals surface area contributed by atoms with Crippen molar-refractivity contribution in [2.45, 2.75) is 6.18 Å². The van der Waals surface area contributed by atoms with Crippen molar-refractivity contribution < 1.29 is 18.3 Å². The largest absolute Gasteiger partial charge is 0.507 e. The molecule has 0 bridgehead atoms. The maximum Gasteiger partial charge on any atom is 0.417 e. The number of nitriles is 1. The molecule has 2 nitrogen and oxygen atoms in total. The smallest absolute Gasteiger partial charge is 0.417 e. The first-order valence-electron chi connectivity index (χ1n) is 5.33. The van der Waals surface area contributed by atoms with Crippen LogP contribution in [0.25, 0.3) is 11.1 Å². The Morgan fingerprint density at radius 2 is 1.63 bits per heavy atom. The molecule has 0 heterocycles. The van der Waals surface area contributed by atoms with Crippen molar-refractivity contribution in [3.63, 3.8) is 0 Å². The standard InChI is InChI=1S/C14H8F3NO/c15-14(16,17)12-6-10(7-13(19)11(12)8-18)9-4-2-1-3-5-9/h1-7,19H. The van der Waals surface area contributed by atoms with Crippen LogP contribution in [-0.2, 0) is 6.18 Å². The Bertz CT molecular complexity index is 642. The van der Waals surface area contributed by atoms with E-state index in [0.717, 1.165) is 12.1 Å². The number of aromatic hydroxyl groups is 1. The van der Waals surface area contributed by atoms with Gasteiger partial charge in [0.05, 0.1) is 5.56 Å². The second-order valence-corrected chi connectivity index (χ2v) is 3.89. The number of benzene rings is 2. The average molecular weight is 263 g/mol. The SMILES string of the molecule is N#Cc1c(O)cc(-c2ccccc2)cc1C(F)(F)F. The lowest BCUT2D eigenvalue weighted by Gasteiger charge is -2.12. The maximum absolute atomic E-state index is 12.8. The van der Waals surface area contributed by atoms with Crippen LogP contribution in [0.3, 0.4) is 0 Å². The summed E-state index contributed by atoms with van der Waals surface area (Å²) in [5, 5.41) is 18.3. The number of nitrogens with zero attached hydrogens (tertiary/aromatic N) is 1. The van der Waals surface area contributed by atoms with E-state index >= 15 is 0 Å². The minimum absolute atomic E-state index is 0.212. The van der Waals surface area contributed by atoms with Gasteiger partial charge in [0, 0.05) is 0 Å². The molecule has 2 aromatic rings. The maximum atomic E-state index is 12.8. The van der Waals surface area contributed by atoms with Gasteiger partial charge in [-0.25, -0.2) is 0 Å². The van der Waals surface area contributed by atoms with Gasteiger partial charge < -0.3 is 5.11 Å². The molecule has 0 radical (unpaired) electrons. The van der Waals surface area contributed by atoms with Crippen LogP contribution >= 0.6 is 0 Å². The van der Waals surface area contributed by atoms with Gasteiger partial charge in [-0.2, -0.15) is 18.4 Å². The molecule has 0 saturated heterocycles. The summed E-state index contributed by atoms with van der Waals surface area (Å²) in [5.74, 6) is -0.670. The van der Waals surface area contributed by atoms with Crippen LogP contribution in [0.2, 0.25) is 0 Å². The molecule has 0 unspecified atom stereocenters. The van der Waals surface area contributed by atoms with Crippen LogP contribution in [0, 0.1) is 11.3 Å². The lowest BCUT2D eigenvalue weighted by molar-refractivity contribution is -0.137. The van der Waals surface area contributed by atoms with Crippen LogP contribution < -0.4 is 0 Å². The van der Waals surface area contributed by atoms with Crippen molar-refractivity contribution in [2.75, 3.05) is 0 Å². The van der Waals surface area contributed by atoms with Crippen LogP contribution in [0.5, 0.6) is 5.75 Å². The second kappa shape index (κ2) is 4.65. The van der Waals surface area contributed by atoms with E-state index in [-0.39, 0.29) is 5.56 Å². The molecule has 0 amide bonds. The molecule has 19 heavy (non-hydrogen) atoms. The van der Waals surface area contributed by atoms with E-state index < -0.39 is 23.1 Å². The molecule has 0 fully saturated rings. The van der Waals surface area contributed by atoms with Crippen LogP contribution in [0.15, 0.2) is 42.5 Å². The second-order valence-electron chi connectivity index (χ2n) is 3.89. The molecule has 0 spiro atoms. The van der Waals surface area contributed by atoms with Crippen LogP contribution in [-0.4, -0.2) is 5.11 Å². The zero-order valence-electron chi connectivity index (χ0n) is 9.57. The highest BCUT2D eigenvalue weighted by Gasteiger charge is 2.35. The summed E-state index contributed by atoms with van der Waals surface area (Å²) in [6, 6.07) is 11.7. The number of hydrogen-bond acceptors (Lipinski definition) is 2. The minimum atomic E-state index is -4.69. The average Bonchev–Trinajstić information content (AvgIpc) is 2.37. The van der Waals surface area contributed by atoms with Gasteiger partial charge in [0.2, 0.25) is 0 Å². The lowest BCUT2D eigenvalue weighted by Crippen LogP contribution is -2.08. The molecule has 1 N–H and O–H groups in total. The molecular weight excluding hydrogens is 255 g/mol. The van der Waals surface area contributed by atoms with E-state index in [9.17, 15) is 18.3 Å². The predicted octanol–water partition coefficient (Wildman–Crippen LogP) is 3.95. The van der Waals surface area contributed by atoms with Crippen molar-refractivity contribution in [3.05, 3.63) is 53.6 Å². The molecule has 2 rings (SSSR count). The zero-order valence-corrected chi connectivity index (χ0v) is 9.57. The van der Waals surface area contributed by atoms with E-state index in [1.807, 2.05) is 0 Å². The minimum Gasteiger partial charge on any atom is -0.507 e. The number of rotatable bonds is 1. The number of halogens is 3. The molecule has 0 atom stereocenters. The van der Waals surface area contributed by atoms with E-state index in [2.05, 4.69) is 0 Å². The highest BCUT2D eigenvalue weighted by molar-refractivity contribution is 5.69. The summed E-state index contributed by atoms with van der Waals surface area (Å²) in [5.41, 5.74) is -1.14. The fourth-order valence-corrected chi connectivity index (χ4v) is 1.77. The van der Waals surface area contributed by atoms with Gasteiger partial charge >= 0.3 is 6.18 Å². The van der Waals surface area contributed by atoms with E-state index in [1.165, 1.54) is 6.07 Å². The Morgan fingerprint density at radius 1 is 1.00 bits per heavy atom. The van der Waals surface area contributed by atoms with Crippen molar-refractivity contribution in [1.29, 1.82) is 5.26 Å². The third-order valence-corrected chi connectivity index (χ3v) is 2.64. The number of phenols is 1. The monoisotopic (exact) mass is 263 g/mol. The third-order valence-electron chi connectivity index (χ3n) is 2.64. The zero-order chi connectivity index (χ0) is 14.0. The molecule has 0 saturated carbocycles. The van der Waals surface area contributed by atoms with Gasteiger partial charge in [0.1, 0.15) is 17.4 Å². The summed E-state index contributed by atoms with van der Waals surface area (Å²) >= 11 is 0. The van der Waals surface area contributed by atoms with Gasteiger partial charge in [-0.3, -0.25) is 0 Å². The normalized spacial score (nSPS) is 11.1. The topological polar surface area (TPSA) is 44.0 Å². The summed E-state index contributed by atoms with van der Waals surface area (Å²) in [7, 11) is 0. The number of alkyl halides is 3. The fraction of sp³-hybridized carbons (Fsp3) is 0.0714. The van der Waals surface area contributed by atoms with E-state index in [0.29, 0.717) is 5.56 Å². The molecule has 0 aliphatic heterocycles. The van der Waals surface area contributed by atoms with Crippen molar-refractivity contribution in [1.82, 2.24) is 0 Å².